The molecule has 2 aliphatic carbocycles. The SMILES string of the molecule is c1ccc(-c2ccc(N(c3ccc(-c4ccc(-c5cccc(C6(c7ccccc7)c7ccccc7-c7ccccc76)c5)cc4)cc3)c3cccc4c3oc3ccccc34)cc2)cc1.c1ccc(-c2ccc(N(c3ccc(-c4ccc(-c5cccc(C6(c7ccccc7)c7ccccc7-c7ccccc76)c5)cc4)cc3)c3cccc4c3sc3ccccc34)cc2)cc1. The minimum absolute atomic E-state index is 0.424. The molecule has 3 nitrogen and oxygen atoms in total. The Morgan fingerprint density at radius 3 is 0.881 bits per heavy atom. The number of thiophene rings is 1. The van der Waals surface area contributed by atoms with Gasteiger partial charge in [-0.25, -0.2) is 0 Å². The molecule has 22 aromatic rings. The zero-order valence-corrected chi connectivity index (χ0v) is 69.9. The quantitative estimate of drug-likeness (QED) is 0.0961. The highest BCUT2D eigenvalue weighted by molar-refractivity contribution is 7.26. The van der Waals surface area contributed by atoms with E-state index in [1.807, 2.05) is 23.5 Å². The van der Waals surface area contributed by atoms with Crippen LogP contribution in [0.15, 0.2) is 502 Å². The molecule has 4 heteroatoms. The molecule has 0 unspecified atom stereocenters. The standard InChI is InChI=1S/C61H41NO.C61H41NS/c2*1-3-15-42(16-4-1)44-33-37-50(38-34-44)62(58-27-14-24-55-54-23-9-12-28-59(54)63-60(55)58)51-39-35-45(36-40-51)43-29-31-46(32-30-43)47-17-13-20-49(41-47)61(48-18-5-2-6-19-48)56-25-10-7-21-52(56)53-22-8-11-26-57(53)61/h2*1-41H. The van der Waals surface area contributed by atoms with E-state index in [0.29, 0.717) is 0 Å². The summed E-state index contributed by atoms with van der Waals surface area (Å²) in [6.45, 7) is 0. The number of para-hydroxylation sites is 2. The fourth-order valence-corrected chi connectivity index (χ4v) is 21.3. The van der Waals surface area contributed by atoms with E-state index in [4.69, 9.17) is 4.42 Å². The lowest BCUT2D eigenvalue weighted by molar-refractivity contribution is 0.669. The third-order valence-electron chi connectivity index (χ3n) is 26.0. The Morgan fingerprint density at radius 2 is 0.468 bits per heavy atom. The highest BCUT2D eigenvalue weighted by atomic mass is 32.1. The third kappa shape index (κ3) is 12.9. The minimum atomic E-state index is -0.431. The molecule has 126 heavy (non-hydrogen) atoms. The smallest absolute Gasteiger partial charge is 0.159 e. The molecule has 0 saturated heterocycles. The maximum Gasteiger partial charge on any atom is 0.159 e. The minimum Gasteiger partial charge on any atom is -0.454 e. The first-order chi connectivity index (χ1) is 62.5. The molecule has 0 saturated carbocycles. The van der Waals surface area contributed by atoms with Crippen molar-refractivity contribution < 1.29 is 4.42 Å². The van der Waals surface area contributed by atoms with Crippen molar-refractivity contribution in [3.05, 3.63) is 542 Å². The van der Waals surface area contributed by atoms with Crippen LogP contribution in [-0.2, 0) is 10.8 Å². The van der Waals surface area contributed by atoms with Crippen molar-refractivity contribution in [3.63, 3.8) is 0 Å². The number of fused-ring (bicyclic) bond motifs is 12. The Labute approximate surface area is 738 Å². The molecule has 2 aromatic heterocycles. The Kier molecular flexibility index (Phi) is 18.9. The van der Waals surface area contributed by atoms with Crippen LogP contribution in [0.1, 0.15) is 44.5 Å². The van der Waals surface area contributed by atoms with Crippen molar-refractivity contribution >= 4 is 87.6 Å². The van der Waals surface area contributed by atoms with Crippen LogP contribution in [0, 0.1) is 0 Å². The summed E-state index contributed by atoms with van der Waals surface area (Å²) < 4.78 is 9.18. The van der Waals surface area contributed by atoms with Crippen molar-refractivity contribution in [2.24, 2.45) is 0 Å². The molecule has 0 spiro atoms. The van der Waals surface area contributed by atoms with E-state index in [-0.39, 0.29) is 0 Å². The van der Waals surface area contributed by atoms with E-state index in [0.717, 1.165) is 55.9 Å². The molecule has 0 aliphatic heterocycles. The predicted octanol–water partition coefficient (Wildman–Crippen LogP) is 33.3. The fourth-order valence-electron chi connectivity index (χ4n) is 20.1. The van der Waals surface area contributed by atoms with Crippen LogP contribution in [0.5, 0.6) is 0 Å². The number of rotatable bonds is 16. The van der Waals surface area contributed by atoms with E-state index in [1.165, 1.54) is 154 Å². The highest BCUT2D eigenvalue weighted by Crippen LogP contribution is 2.59. The summed E-state index contributed by atoms with van der Waals surface area (Å²) in [7, 11) is 0. The van der Waals surface area contributed by atoms with Crippen molar-refractivity contribution in [3.8, 4) is 89.0 Å². The lowest BCUT2D eigenvalue weighted by Crippen LogP contribution is -2.28. The van der Waals surface area contributed by atoms with Gasteiger partial charge >= 0.3 is 0 Å². The van der Waals surface area contributed by atoms with Crippen LogP contribution in [0.2, 0.25) is 0 Å². The van der Waals surface area contributed by atoms with E-state index >= 15 is 0 Å². The Balaban J connectivity index is 0.000000145. The van der Waals surface area contributed by atoms with Crippen molar-refractivity contribution in [2.75, 3.05) is 9.80 Å². The summed E-state index contributed by atoms with van der Waals surface area (Å²) in [5, 5.41) is 4.80. The molecular formula is C122H82N2OS. The van der Waals surface area contributed by atoms with Crippen molar-refractivity contribution in [1.82, 2.24) is 0 Å². The Bertz CT molecular complexity index is 7220. The van der Waals surface area contributed by atoms with E-state index in [2.05, 4.69) is 495 Å². The van der Waals surface area contributed by atoms with E-state index < -0.39 is 10.8 Å². The van der Waals surface area contributed by atoms with Gasteiger partial charge in [-0.15, -0.1) is 11.3 Å². The number of anilines is 6. The summed E-state index contributed by atoms with van der Waals surface area (Å²) in [4.78, 5) is 4.72. The molecule has 20 aromatic carbocycles. The molecule has 592 valence electrons. The van der Waals surface area contributed by atoms with E-state index in [1.54, 1.807) is 0 Å². The molecule has 0 bridgehead atoms. The molecular weight excluding hydrogens is 1540 g/mol. The third-order valence-corrected chi connectivity index (χ3v) is 27.2. The van der Waals surface area contributed by atoms with E-state index in [9.17, 15) is 0 Å². The normalized spacial score (nSPS) is 12.6. The number of hydrogen-bond acceptors (Lipinski definition) is 4. The van der Waals surface area contributed by atoms with Gasteiger partial charge in [0.2, 0.25) is 0 Å². The first-order valence-corrected chi connectivity index (χ1v) is 44.1. The lowest BCUT2D eigenvalue weighted by atomic mass is 9.67. The maximum atomic E-state index is 6.59. The number of hydrogen-bond donors (Lipinski definition) is 0. The van der Waals surface area contributed by atoms with Crippen molar-refractivity contribution in [1.29, 1.82) is 0 Å². The van der Waals surface area contributed by atoms with Gasteiger partial charge in [0.25, 0.3) is 0 Å². The number of nitrogens with zero attached hydrogens (tertiary/aromatic N) is 2. The second-order valence-corrected chi connectivity index (χ2v) is 33.9. The average molecular weight is 1620 g/mol. The highest BCUT2D eigenvalue weighted by Gasteiger charge is 2.48. The summed E-state index contributed by atoms with van der Waals surface area (Å²) in [6.07, 6.45) is 0. The number of furan rings is 1. The van der Waals surface area contributed by atoms with Gasteiger partial charge in [0.15, 0.2) is 5.58 Å². The van der Waals surface area contributed by atoms with Gasteiger partial charge in [-0.2, -0.15) is 0 Å². The molecule has 0 fully saturated rings. The summed E-state index contributed by atoms with van der Waals surface area (Å²) in [6, 6.07) is 181. The maximum absolute atomic E-state index is 6.59. The first kappa shape index (κ1) is 75.0. The van der Waals surface area contributed by atoms with Crippen molar-refractivity contribution in [2.45, 2.75) is 10.8 Å². The van der Waals surface area contributed by atoms with Gasteiger partial charge < -0.3 is 14.2 Å². The molecule has 24 rings (SSSR count). The predicted molar refractivity (Wildman–Crippen MR) is 530 cm³/mol. The lowest BCUT2D eigenvalue weighted by Gasteiger charge is -2.34. The summed E-state index contributed by atoms with van der Waals surface area (Å²) in [5.41, 5.74) is 37.3. The van der Waals surface area contributed by atoms with Gasteiger partial charge in [-0.1, -0.05) is 413 Å². The molecule has 0 radical (unpaired) electrons. The molecule has 0 N–H and O–H groups in total. The van der Waals surface area contributed by atoms with Crippen LogP contribution in [0.3, 0.4) is 0 Å². The average Bonchev–Trinajstić information content (AvgIpc) is 1.54. The monoisotopic (exact) mass is 1620 g/mol. The summed E-state index contributed by atoms with van der Waals surface area (Å²) >= 11 is 1.86. The van der Waals surface area contributed by atoms with Gasteiger partial charge in [-0.05, 0) is 218 Å². The largest absolute Gasteiger partial charge is 0.454 e. The van der Waals surface area contributed by atoms with Crippen LogP contribution >= 0.6 is 11.3 Å². The first-order valence-electron chi connectivity index (χ1n) is 43.3. The molecule has 2 heterocycles. The van der Waals surface area contributed by atoms with Crippen LogP contribution in [-0.4, -0.2) is 0 Å². The fraction of sp³-hybridized carbons (Fsp3) is 0.0164. The zero-order chi connectivity index (χ0) is 83.5. The van der Waals surface area contributed by atoms with Crippen LogP contribution in [0.25, 0.3) is 131 Å². The molecule has 0 amide bonds. The second-order valence-electron chi connectivity index (χ2n) is 32.8. The Morgan fingerprint density at radius 1 is 0.190 bits per heavy atom. The molecule has 0 atom stereocenters. The topological polar surface area (TPSA) is 19.6 Å². The van der Waals surface area contributed by atoms with Gasteiger partial charge in [0, 0.05) is 49.0 Å². The van der Waals surface area contributed by atoms with Gasteiger partial charge in [0.05, 0.1) is 26.9 Å². The van der Waals surface area contributed by atoms with Crippen LogP contribution < -0.4 is 9.80 Å². The summed E-state index contributed by atoms with van der Waals surface area (Å²) in [5.74, 6) is 0. The van der Waals surface area contributed by atoms with Gasteiger partial charge in [-0.3, -0.25) is 0 Å². The zero-order valence-electron chi connectivity index (χ0n) is 69.1. The number of benzene rings is 20. The molecule has 2 aliphatic rings. The Hall–Kier alpha value is -16.0. The van der Waals surface area contributed by atoms with Gasteiger partial charge in [0.1, 0.15) is 5.58 Å². The second kappa shape index (κ2) is 31.8. The van der Waals surface area contributed by atoms with Crippen LogP contribution in [0.4, 0.5) is 34.1 Å².